The molecule has 1 saturated carbocycles. The van der Waals surface area contributed by atoms with Gasteiger partial charge in [-0.1, -0.05) is 23.2 Å². The highest BCUT2D eigenvalue weighted by molar-refractivity contribution is 7.89. The molecule has 9 heteroatoms. The number of anilines is 1. The molecule has 144 valence electrons. The second-order valence-electron chi connectivity index (χ2n) is 6.30. The third-order valence-corrected chi connectivity index (χ3v) is 6.52. The Labute approximate surface area is 167 Å². The van der Waals surface area contributed by atoms with E-state index < -0.39 is 15.9 Å². The van der Waals surface area contributed by atoms with Crippen molar-refractivity contribution in [1.82, 2.24) is 4.72 Å². The molecule has 0 spiro atoms. The average molecular weight is 429 g/mol. The van der Waals surface area contributed by atoms with E-state index in [-0.39, 0.29) is 21.5 Å². The van der Waals surface area contributed by atoms with Crippen LogP contribution in [0.15, 0.2) is 35.2 Å². The van der Waals surface area contributed by atoms with Gasteiger partial charge in [-0.2, -0.15) is 0 Å². The Balaban J connectivity index is 1.90. The van der Waals surface area contributed by atoms with E-state index in [0.29, 0.717) is 16.5 Å². The molecule has 0 heterocycles. The minimum atomic E-state index is -3.79. The lowest BCUT2D eigenvalue weighted by atomic mass is 10.1. The van der Waals surface area contributed by atoms with Crippen LogP contribution in [0, 0.1) is 6.92 Å². The SMILES string of the molecule is COc1cc(Cl)c(C)cc1NC(=O)c1ccc(Cl)c(S(=O)(=O)NC2CC2)c1. The van der Waals surface area contributed by atoms with Crippen molar-refractivity contribution in [3.63, 3.8) is 0 Å². The Morgan fingerprint density at radius 3 is 2.48 bits per heavy atom. The summed E-state index contributed by atoms with van der Waals surface area (Å²) in [5.74, 6) is -0.0919. The second kappa shape index (κ2) is 7.67. The van der Waals surface area contributed by atoms with Crippen LogP contribution in [0.2, 0.25) is 10.0 Å². The fourth-order valence-electron chi connectivity index (χ4n) is 2.46. The molecule has 0 saturated heterocycles. The summed E-state index contributed by atoms with van der Waals surface area (Å²) in [6.07, 6.45) is 1.60. The number of rotatable bonds is 6. The highest BCUT2D eigenvalue weighted by Crippen LogP contribution is 2.32. The minimum Gasteiger partial charge on any atom is -0.495 e. The van der Waals surface area contributed by atoms with Gasteiger partial charge in [0.15, 0.2) is 0 Å². The Kier molecular flexibility index (Phi) is 5.67. The summed E-state index contributed by atoms with van der Waals surface area (Å²) < 4.78 is 32.7. The molecule has 0 atom stereocenters. The molecule has 0 unspecified atom stereocenters. The Morgan fingerprint density at radius 2 is 1.85 bits per heavy atom. The lowest BCUT2D eigenvalue weighted by molar-refractivity contribution is 0.102. The molecular formula is C18H18Cl2N2O4S. The topological polar surface area (TPSA) is 84.5 Å². The molecule has 1 aliphatic rings. The largest absolute Gasteiger partial charge is 0.495 e. The lowest BCUT2D eigenvalue weighted by Gasteiger charge is -2.13. The van der Waals surface area contributed by atoms with Crippen LogP contribution in [0.1, 0.15) is 28.8 Å². The number of amides is 1. The van der Waals surface area contributed by atoms with Crippen LogP contribution in [0.5, 0.6) is 5.75 Å². The molecule has 0 aliphatic heterocycles. The van der Waals surface area contributed by atoms with Crippen LogP contribution in [0.3, 0.4) is 0 Å². The van der Waals surface area contributed by atoms with Crippen LogP contribution in [-0.2, 0) is 10.0 Å². The van der Waals surface area contributed by atoms with Crippen molar-refractivity contribution in [2.45, 2.75) is 30.7 Å². The predicted octanol–water partition coefficient (Wildman–Crippen LogP) is 4.00. The van der Waals surface area contributed by atoms with Gasteiger partial charge in [-0.25, -0.2) is 13.1 Å². The van der Waals surface area contributed by atoms with Crippen LogP contribution in [0.4, 0.5) is 5.69 Å². The first-order chi connectivity index (χ1) is 12.7. The number of hydrogen-bond acceptors (Lipinski definition) is 4. The normalized spacial score (nSPS) is 14.1. The van der Waals surface area contributed by atoms with Crippen LogP contribution in [-0.4, -0.2) is 27.5 Å². The van der Waals surface area contributed by atoms with E-state index in [1.165, 1.54) is 25.3 Å². The first kappa shape index (κ1) is 19.9. The molecule has 1 fully saturated rings. The van der Waals surface area contributed by atoms with Gasteiger partial charge < -0.3 is 10.1 Å². The van der Waals surface area contributed by atoms with Gasteiger partial charge in [0, 0.05) is 22.7 Å². The Bertz CT molecular complexity index is 1000. The van der Waals surface area contributed by atoms with Gasteiger partial charge in [-0.15, -0.1) is 0 Å². The number of ether oxygens (including phenoxy) is 1. The number of methoxy groups -OCH3 is 1. The van der Waals surface area contributed by atoms with Gasteiger partial charge in [0.25, 0.3) is 5.91 Å². The number of halogens is 2. The molecule has 0 aromatic heterocycles. The number of aryl methyl sites for hydroxylation is 1. The van der Waals surface area contributed by atoms with E-state index in [2.05, 4.69) is 10.0 Å². The maximum absolute atomic E-state index is 12.6. The van der Waals surface area contributed by atoms with Gasteiger partial charge in [0.05, 0.1) is 17.8 Å². The third kappa shape index (κ3) is 4.55. The molecular weight excluding hydrogens is 411 g/mol. The van der Waals surface area contributed by atoms with E-state index in [4.69, 9.17) is 27.9 Å². The molecule has 1 amide bonds. The van der Waals surface area contributed by atoms with Crippen molar-refractivity contribution in [3.8, 4) is 5.75 Å². The van der Waals surface area contributed by atoms with E-state index in [1.54, 1.807) is 19.1 Å². The quantitative estimate of drug-likeness (QED) is 0.727. The first-order valence-electron chi connectivity index (χ1n) is 8.18. The van der Waals surface area contributed by atoms with E-state index >= 15 is 0 Å². The third-order valence-electron chi connectivity index (χ3n) is 4.11. The maximum atomic E-state index is 12.6. The second-order valence-corrected chi connectivity index (χ2v) is 8.79. The summed E-state index contributed by atoms with van der Waals surface area (Å²) in [6.45, 7) is 1.80. The first-order valence-corrected chi connectivity index (χ1v) is 10.4. The maximum Gasteiger partial charge on any atom is 0.255 e. The number of nitrogens with one attached hydrogen (secondary N) is 2. The minimum absolute atomic E-state index is 0.0552. The van der Waals surface area contributed by atoms with Crippen LogP contribution in [0.25, 0.3) is 0 Å². The molecule has 6 nitrogen and oxygen atoms in total. The van der Waals surface area contributed by atoms with Gasteiger partial charge in [-0.3, -0.25) is 4.79 Å². The monoisotopic (exact) mass is 428 g/mol. The van der Waals surface area contributed by atoms with Crippen molar-refractivity contribution in [1.29, 1.82) is 0 Å². The van der Waals surface area contributed by atoms with Gasteiger partial charge in [0.2, 0.25) is 10.0 Å². The van der Waals surface area contributed by atoms with Crippen molar-refractivity contribution in [2.75, 3.05) is 12.4 Å². The van der Waals surface area contributed by atoms with Crippen molar-refractivity contribution >= 4 is 44.8 Å². The highest BCUT2D eigenvalue weighted by atomic mass is 35.5. The van der Waals surface area contributed by atoms with Crippen molar-refractivity contribution < 1.29 is 17.9 Å². The number of benzene rings is 2. The summed E-state index contributed by atoms with van der Waals surface area (Å²) in [4.78, 5) is 12.5. The number of hydrogen-bond donors (Lipinski definition) is 2. The molecule has 1 aliphatic carbocycles. The molecule has 2 N–H and O–H groups in total. The van der Waals surface area contributed by atoms with Gasteiger partial charge in [0.1, 0.15) is 10.6 Å². The highest BCUT2D eigenvalue weighted by Gasteiger charge is 2.29. The molecule has 2 aromatic carbocycles. The Morgan fingerprint density at radius 1 is 1.15 bits per heavy atom. The zero-order chi connectivity index (χ0) is 19.8. The number of sulfonamides is 1. The molecule has 3 rings (SSSR count). The lowest BCUT2D eigenvalue weighted by Crippen LogP contribution is -2.26. The van der Waals surface area contributed by atoms with E-state index in [1.807, 2.05) is 0 Å². The predicted molar refractivity (Wildman–Crippen MR) is 105 cm³/mol. The summed E-state index contributed by atoms with van der Waals surface area (Å²) in [6, 6.07) is 7.33. The molecule has 0 radical (unpaired) electrons. The molecule has 2 aromatic rings. The average Bonchev–Trinajstić information content (AvgIpc) is 3.41. The fourth-order valence-corrected chi connectivity index (χ4v) is 4.44. The van der Waals surface area contributed by atoms with Gasteiger partial charge >= 0.3 is 0 Å². The van der Waals surface area contributed by atoms with E-state index in [9.17, 15) is 13.2 Å². The number of carbonyl (C=O) groups is 1. The van der Waals surface area contributed by atoms with Crippen LogP contribution >= 0.6 is 23.2 Å². The smallest absolute Gasteiger partial charge is 0.255 e. The number of carbonyl (C=O) groups excluding carboxylic acids is 1. The summed E-state index contributed by atoms with van der Waals surface area (Å²) in [7, 11) is -2.32. The summed E-state index contributed by atoms with van der Waals surface area (Å²) >= 11 is 12.1. The fraction of sp³-hybridized carbons (Fsp3) is 0.278. The Hall–Kier alpha value is -1.80. The van der Waals surface area contributed by atoms with Crippen LogP contribution < -0.4 is 14.8 Å². The van der Waals surface area contributed by atoms with Gasteiger partial charge in [-0.05, 0) is 49.6 Å². The summed E-state index contributed by atoms with van der Waals surface area (Å²) in [5, 5.41) is 3.28. The molecule has 0 bridgehead atoms. The zero-order valence-electron chi connectivity index (χ0n) is 14.7. The van der Waals surface area contributed by atoms with Crippen molar-refractivity contribution in [2.24, 2.45) is 0 Å². The molecule has 27 heavy (non-hydrogen) atoms. The zero-order valence-corrected chi connectivity index (χ0v) is 17.0. The van der Waals surface area contributed by atoms with Crippen molar-refractivity contribution in [3.05, 3.63) is 51.5 Å². The standard InChI is InChI=1S/C18H18Cl2N2O4S/c1-10-7-15(16(26-2)9-14(10)20)21-18(23)11-3-6-13(19)17(8-11)27(24,25)22-12-4-5-12/h3,6-9,12,22H,4-5H2,1-2H3,(H,21,23). The summed E-state index contributed by atoms with van der Waals surface area (Å²) in [5.41, 5.74) is 1.35. The van der Waals surface area contributed by atoms with E-state index in [0.717, 1.165) is 18.4 Å².